The summed E-state index contributed by atoms with van der Waals surface area (Å²) in [5.41, 5.74) is 0. The van der Waals surface area contributed by atoms with E-state index in [1.807, 2.05) is 0 Å². The number of carbonyl (C=O) groups excluding carboxylic acids is 3. The molecule has 6 heteroatoms. The van der Waals surface area contributed by atoms with Gasteiger partial charge in [0.15, 0.2) is 6.10 Å². The monoisotopic (exact) mass is 1120 g/mol. The smallest absolute Gasteiger partial charge is 0.306 e. The highest BCUT2D eigenvalue weighted by Crippen LogP contribution is 2.19. The standard InChI is InChI=1S/C74H136O6/c1-4-7-10-13-16-19-22-25-28-31-33-35-36-37-38-40-41-43-46-49-52-55-58-61-64-67-73(76)79-70-71(69-78-72(75)66-63-60-57-54-51-48-45-30-27-24-21-18-15-12-9-6-3)80-74(77)68-65-62-59-56-53-50-47-44-42-39-34-32-29-26-23-20-17-14-11-8-5-2/h7,10,16,19,25,28,33,35,71H,4-6,8-9,11-15,17-18,20-24,26-27,29-32,34,36-70H2,1-3H3/b10-7-,19-16-,28-25-,35-33-. The first-order chi connectivity index (χ1) is 39.5. The van der Waals surface area contributed by atoms with Crippen molar-refractivity contribution in [2.45, 2.75) is 393 Å². The van der Waals surface area contributed by atoms with E-state index < -0.39 is 6.10 Å². The van der Waals surface area contributed by atoms with Gasteiger partial charge in [-0.05, 0) is 57.8 Å². The minimum Gasteiger partial charge on any atom is -0.462 e. The van der Waals surface area contributed by atoms with Crippen molar-refractivity contribution in [1.29, 1.82) is 0 Å². The van der Waals surface area contributed by atoms with Crippen LogP contribution in [-0.4, -0.2) is 37.2 Å². The number of rotatable bonds is 66. The van der Waals surface area contributed by atoms with Crippen molar-refractivity contribution in [3.8, 4) is 0 Å². The summed E-state index contributed by atoms with van der Waals surface area (Å²) in [6.07, 6.45) is 87.1. The van der Waals surface area contributed by atoms with Crippen LogP contribution in [-0.2, 0) is 28.6 Å². The molecule has 0 aliphatic rings. The van der Waals surface area contributed by atoms with E-state index in [1.54, 1.807) is 0 Å². The lowest BCUT2D eigenvalue weighted by molar-refractivity contribution is -0.167. The molecule has 80 heavy (non-hydrogen) atoms. The molecule has 6 nitrogen and oxygen atoms in total. The summed E-state index contributed by atoms with van der Waals surface area (Å²) in [5, 5.41) is 0. The third-order valence-electron chi connectivity index (χ3n) is 16.1. The molecule has 0 aliphatic carbocycles. The Labute approximate surface area is 498 Å². The van der Waals surface area contributed by atoms with Gasteiger partial charge in [0.25, 0.3) is 0 Å². The molecule has 468 valence electrons. The Morgan fingerprint density at radius 1 is 0.263 bits per heavy atom. The lowest BCUT2D eigenvalue weighted by Gasteiger charge is -2.18. The number of esters is 3. The van der Waals surface area contributed by atoms with E-state index in [0.717, 1.165) is 83.5 Å². The SMILES string of the molecule is CC/C=C\C/C=C\C/C=C\C/C=C\CCCCCCCCCCCCCCC(=O)OCC(COC(=O)CCCCCCCCCCCCCCCCCC)OC(=O)CCCCCCCCCCCCCCCCCCCCCCC. The largest absolute Gasteiger partial charge is 0.462 e. The molecule has 0 heterocycles. The molecular formula is C74H136O6. The Kier molecular flexibility index (Phi) is 66.6. The highest BCUT2D eigenvalue weighted by molar-refractivity contribution is 5.71. The van der Waals surface area contributed by atoms with Gasteiger partial charge in [0.2, 0.25) is 0 Å². The van der Waals surface area contributed by atoms with Crippen LogP contribution < -0.4 is 0 Å². The molecule has 0 radical (unpaired) electrons. The summed E-state index contributed by atoms with van der Waals surface area (Å²) in [6, 6.07) is 0. The van der Waals surface area contributed by atoms with Gasteiger partial charge in [0.1, 0.15) is 13.2 Å². The highest BCUT2D eigenvalue weighted by Gasteiger charge is 2.19. The van der Waals surface area contributed by atoms with Crippen molar-refractivity contribution in [1.82, 2.24) is 0 Å². The van der Waals surface area contributed by atoms with Gasteiger partial charge in [-0.25, -0.2) is 0 Å². The zero-order valence-corrected chi connectivity index (χ0v) is 53.9. The zero-order valence-electron chi connectivity index (χ0n) is 53.9. The minimum atomic E-state index is -0.771. The molecule has 0 saturated heterocycles. The van der Waals surface area contributed by atoms with Crippen molar-refractivity contribution >= 4 is 17.9 Å². The second-order valence-electron chi connectivity index (χ2n) is 24.1. The molecule has 0 fully saturated rings. The van der Waals surface area contributed by atoms with Crippen LogP contribution in [0.5, 0.6) is 0 Å². The molecule has 0 aromatic rings. The maximum Gasteiger partial charge on any atom is 0.306 e. The maximum absolute atomic E-state index is 13.0. The number of ether oxygens (including phenoxy) is 3. The van der Waals surface area contributed by atoms with Gasteiger partial charge in [0, 0.05) is 19.3 Å². The summed E-state index contributed by atoms with van der Waals surface area (Å²) in [4.78, 5) is 38.5. The van der Waals surface area contributed by atoms with Crippen LogP contribution in [0.15, 0.2) is 48.6 Å². The van der Waals surface area contributed by atoms with Crippen molar-refractivity contribution in [2.75, 3.05) is 13.2 Å². The number of unbranched alkanes of at least 4 members (excludes halogenated alkanes) is 47. The van der Waals surface area contributed by atoms with Crippen LogP contribution >= 0.6 is 0 Å². The molecule has 0 aliphatic heterocycles. The van der Waals surface area contributed by atoms with Crippen LogP contribution in [0.3, 0.4) is 0 Å². The Bertz CT molecular complexity index is 1380. The predicted molar refractivity (Wildman–Crippen MR) is 349 cm³/mol. The first-order valence-electron chi connectivity index (χ1n) is 35.6. The van der Waals surface area contributed by atoms with Gasteiger partial charge >= 0.3 is 17.9 Å². The lowest BCUT2D eigenvalue weighted by Crippen LogP contribution is -2.30. The van der Waals surface area contributed by atoms with E-state index in [2.05, 4.69) is 69.4 Å². The van der Waals surface area contributed by atoms with Crippen LogP contribution in [0.25, 0.3) is 0 Å². The Balaban J connectivity index is 4.28. The molecule has 0 bridgehead atoms. The molecule has 1 unspecified atom stereocenters. The first-order valence-corrected chi connectivity index (χ1v) is 35.6. The summed E-state index contributed by atoms with van der Waals surface area (Å²) >= 11 is 0. The van der Waals surface area contributed by atoms with E-state index in [1.165, 1.54) is 263 Å². The first kappa shape index (κ1) is 77.4. The normalized spacial score (nSPS) is 12.3. The summed E-state index contributed by atoms with van der Waals surface area (Å²) in [6.45, 7) is 6.61. The van der Waals surface area contributed by atoms with Crippen molar-refractivity contribution in [2.24, 2.45) is 0 Å². The topological polar surface area (TPSA) is 78.9 Å². The van der Waals surface area contributed by atoms with Gasteiger partial charge in [0.05, 0.1) is 0 Å². The second kappa shape index (κ2) is 68.9. The van der Waals surface area contributed by atoms with Crippen LogP contribution in [0, 0.1) is 0 Å². The van der Waals surface area contributed by atoms with Crippen molar-refractivity contribution in [3.05, 3.63) is 48.6 Å². The molecule has 0 aromatic carbocycles. The van der Waals surface area contributed by atoms with Crippen LogP contribution in [0.2, 0.25) is 0 Å². The molecule has 0 saturated carbocycles. The Hall–Kier alpha value is -2.63. The Morgan fingerprint density at radius 2 is 0.487 bits per heavy atom. The van der Waals surface area contributed by atoms with E-state index in [-0.39, 0.29) is 31.1 Å². The van der Waals surface area contributed by atoms with Gasteiger partial charge in [-0.15, -0.1) is 0 Å². The lowest BCUT2D eigenvalue weighted by atomic mass is 10.0. The number of allylic oxidation sites excluding steroid dienone is 8. The average molecular weight is 1120 g/mol. The number of hydrogen-bond donors (Lipinski definition) is 0. The molecule has 1 atom stereocenters. The fourth-order valence-electron chi connectivity index (χ4n) is 10.8. The predicted octanol–water partition coefficient (Wildman–Crippen LogP) is 24.5. The zero-order chi connectivity index (χ0) is 57.8. The van der Waals surface area contributed by atoms with E-state index >= 15 is 0 Å². The highest BCUT2D eigenvalue weighted by atomic mass is 16.6. The third kappa shape index (κ3) is 66.2. The van der Waals surface area contributed by atoms with Crippen molar-refractivity contribution < 1.29 is 28.6 Å². The molecule has 0 amide bonds. The Morgan fingerprint density at radius 3 is 0.762 bits per heavy atom. The molecule has 0 rings (SSSR count). The van der Waals surface area contributed by atoms with Crippen LogP contribution in [0.1, 0.15) is 387 Å². The van der Waals surface area contributed by atoms with E-state index in [4.69, 9.17) is 14.2 Å². The van der Waals surface area contributed by atoms with Gasteiger partial charge in [-0.3, -0.25) is 14.4 Å². The molecular weight excluding hydrogens is 985 g/mol. The average Bonchev–Trinajstić information content (AvgIpc) is 3.46. The summed E-state index contributed by atoms with van der Waals surface area (Å²) < 4.78 is 17.0. The summed E-state index contributed by atoms with van der Waals surface area (Å²) in [7, 11) is 0. The van der Waals surface area contributed by atoms with E-state index in [0.29, 0.717) is 19.3 Å². The fourth-order valence-corrected chi connectivity index (χ4v) is 10.8. The second-order valence-corrected chi connectivity index (χ2v) is 24.1. The van der Waals surface area contributed by atoms with Gasteiger partial charge in [-0.1, -0.05) is 358 Å². The minimum absolute atomic E-state index is 0.0668. The molecule has 0 N–H and O–H groups in total. The van der Waals surface area contributed by atoms with Gasteiger partial charge < -0.3 is 14.2 Å². The maximum atomic E-state index is 13.0. The quantitative estimate of drug-likeness (QED) is 0.0261. The van der Waals surface area contributed by atoms with E-state index in [9.17, 15) is 14.4 Å². The fraction of sp³-hybridized carbons (Fsp3) is 0.851. The molecule has 0 spiro atoms. The van der Waals surface area contributed by atoms with Gasteiger partial charge in [-0.2, -0.15) is 0 Å². The number of carbonyl (C=O) groups is 3. The number of hydrogen-bond acceptors (Lipinski definition) is 6. The third-order valence-corrected chi connectivity index (χ3v) is 16.1. The molecule has 0 aromatic heterocycles. The summed E-state index contributed by atoms with van der Waals surface area (Å²) in [5.74, 6) is -0.837. The van der Waals surface area contributed by atoms with Crippen LogP contribution in [0.4, 0.5) is 0 Å². The van der Waals surface area contributed by atoms with Crippen molar-refractivity contribution in [3.63, 3.8) is 0 Å².